The van der Waals surface area contributed by atoms with Gasteiger partial charge in [0, 0.05) is 12.2 Å². The van der Waals surface area contributed by atoms with Gasteiger partial charge < -0.3 is 19.7 Å². The van der Waals surface area contributed by atoms with Crippen LogP contribution in [0.25, 0.3) is 0 Å². The molecule has 1 atom stereocenters. The number of carbonyl (C=O) groups excluding carboxylic acids is 2. The molecule has 150 valence electrons. The summed E-state index contributed by atoms with van der Waals surface area (Å²) in [5.41, 5.74) is 0.380. The number of aromatic nitrogens is 2. The van der Waals surface area contributed by atoms with E-state index in [4.69, 9.17) is 14.0 Å². The van der Waals surface area contributed by atoms with Crippen LogP contribution in [0.3, 0.4) is 0 Å². The Kier molecular flexibility index (Phi) is 6.09. The predicted octanol–water partition coefficient (Wildman–Crippen LogP) is -0.0527. The number of aryl methyl sites for hydroxylation is 1. The second-order valence-electron chi connectivity index (χ2n) is 6.32. The largest absolute Gasteiger partial charge is 0.494 e. The Labute approximate surface area is 161 Å². The van der Waals surface area contributed by atoms with E-state index >= 15 is 0 Å². The molecule has 1 unspecified atom stereocenters. The highest BCUT2D eigenvalue weighted by molar-refractivity contribution is 5.95. The third-order valence-corrected chi connectivity index (χ3v) is 4.34. The summed E-state index contributed by atoms with van der Waals surface area (Å²) in [6.07, 6.45) is -1.01. The molecule has 2 heterocycles. The normalized spacial score (nSPS) is 16.9. The fourth-order valence-electron chi connectivity index (χ4n) is 2.89. The van der Waals surface area contributed by atoms with Gasteiger partial charge in [-0.2, -0.15) is 0 Å². The number of amides is 2. The van der Waals surface area contributed by atoms with Gasteiger partial charge in [-0.3, -0.25) is 14.1 Å². The lowest BCUT2D eigenvalue weighted by Crippen LogP contribution is -2.50. The van der Waals surface area contributed by atoms with Gasteiger partial charge in [-0.25, -0.2) is 4.79 Å². The Morgan fingerprint density at radius 2 is 2.11 bits per heavy atom. The maximum absolute atomic E-state index is 12.6. The number of nitrogens with one attached hydrogen (secondary N) is 2. The van der Waals surface area contributed by atoms with E-state index in [9.17, 15) is 14.4 Å². The highest BCUT2D eigenvalue weighted by atomic mass is 16.5. The minimum absolute atomic E-state index is 0.0849. The van der Waals surface area contributed by atoms with Crippen molar-refractivity contribution >= 4 is 17.5 Å². The van der Waals surface area contributed by atoms with E-state index in [-0.39, 0.29) is 31.4 Å². The van der Waals surface area contributed by atoms with Gasteiger partial charge in [-0.15, -0.1) is 0 Å². The summed E-state index contributed by atoms with van der Waals surface area (Å²) in [6, 6.07) is 6.96. The zero-order chi connectivity index (χ0) is 20.1. The number of nitrogens with zero attached hydrogens (tertiary/aromatic N) is 2. The van der Waals surface area contributed by atoms with E-state index in [1.54, 1.807) is 31.3 Å². The molecule has 2 amide bonds. The van der Waals surface area contributed by atoms with Crippen LogP contribution in [0.2, 0.25) is 0 Å². The molecule has 0 radical (unpaired) electrons. The average molecular weight is 391 g/mol. The highest BCUT2D eigenvalue weighted by Crippen LogP contribution is 2.17. The standard InChI is InChI=1S/C18H22N4O6/c1-3-26-13-6-4-12(5-7-13)19-16(23)10-15-17(24)22(8-9-27-15)11-14-18(25)28-20-21(14)2/h4-7,15H,3,8-11H2,1-2H3,(H-,19,20,23,25)/p+1. The molecule has 0 spiro atoms. The number of ether oxygens (including phenoxy) is 2. The molecule has 2 N–H and O–H groups in total. The molecule has 2 aromatic rings. The van der Waals surface area contributed by atoms with E-state index < -0.39 is 11.7 Å². The second kappa shape index (κ2) is 8.70. The Balaban J connectivity index is 1.58. The Morgan fingerprint density at radius 3 is 2.75 bits per heavy atom. The zero-order valence-electron chi connectivity index (χ0n) is 15.8. The summed E-state index contributed by atoms with van der Waals surface area (Å²) in [4.78, 5) is 38.1. The van der Waals surface area contributed by atoms with E-state index in [0.717, 1.165) is 0 Å². The molecular formula is C18H23N4O6+. The fourth-order valence-corrected chi connectivity index (χ4v) is 2.89. The van der Waals surface area contributed by atoms with Crippen LogP contribution < -0.4 is 20.4 Å². The van der Waals surface area contributed by atoms with Gasteiger partial charge >= 0.3 is 11.3 Å². The summed E-state index contributed by atoms with van der Waals surface area (Å²) in [5.74, 6) is 0.0362. The van der Waals surface area contributed by atoms with Crippen LogP contribution >= 0.6 is 0 Å². The first-order valence-corrected chi connectivity index (χ1v) is 8.97. The van der Waals surface area contributed by atoms with Gasteiger partial charge in [-0.05, 0) is 36.5 Å². The smallest absolute Gasteiger partial charge is 0.431 e. The lowest BCUT2D eigenvalue weighted by atomic mass is 10.1. The molecule has 1 aliphatic rings. The topological polar surface area (TPSA) is 118 Å². The average Bonchev–Trinajstić information content (AvgIpc) is 2.98. The molecule has 3 rings (SSSR count). The number of benzene rings is 1. The Hall–Kier alpha value is -3.14. The van der Waals surface area contributed by atoms with Crippen molar-refractivity contribution in [2.45, 2.75) is 26.0 Å². The van der Waals surface area contributed by atoms with Crippen molar-refractivity contribution in [2.24, 2.45) is 7.05 Å². The quantitative estimate of drug-likeness (QED) is 0.639. The van der Waals surface area contributed by atoms with Crippen LogP contribution in [0.5, 0.6) is 5.75 Å². The van der Waals surface area contributed by atoms with Crippen molar-refractivity contribution in [3.8, 4) is 5.75 Å². The number of carbonyl (C=O) groups is 2. The van der Waals surface area contributed by atoms with Gasteiger partial charge in [0.05, 0.1) is 19.6 Å². The molecule has 0 saturated carbocycles. The monoisotopic (exact) mass is 391 g/mol. The minimum Gasteiger partial charge on any atom is -0.494 e. The zero-order valence-corrected chi connectivity index (χ0v) is 15.8. The van der Waals surface area contributed by atoms with E-state index in [0.29, 0.717) is 30.3 Å². The lowest BCUT2D eigenvalue weighted by Gasteiger charge is -2.30. The predicted molar refractivity (Wildman–Crippen MR) is 96.5 cm³/mol. The van der Waals surface area contributed by atoms with Crippen LogP contribution in [0.4, 0.5) is 5.69 Å². The van der Waals surface area contributed by atoms with Gasteiger partial charge in [-0.1, -0.05) is 4.68 Å². The first kappa shape index (κ1) is 19.6. The van der Waals surface area contributed by atoms with Crippen molar-refractivity contribution < 1.29 is 28.3 Å². The van der Waals surface area contributed by atoms with Crippen LogP contribution in [-0.4, -0.2) is 47.8 Å². The third kappa shape index (κ3) is 4.58. The maximum Gasteiger partial charge on any atom is 0.431 e. The van der Waals surface area contributed by atoms with Crippen molar-refractivity contribution in [1.82, 2.24) is 10.2 Å². The van der Waals surface area contributed by atoms with Crippen molar-refractivity contribution in [3.05, 3.63) is 40.4 Å². The Bertz CT molecular complexity index is 888. The number of hydrogen-bond donors (Lipinski definition) is 2. The fraction of sp³-hybridized carbons (Fsp3) is 0.444. The molecule has 1 aromatic carbocycles. The number of hydrogen-bond acceptors (Lipinski definition) is 6. The molecule has 0 aliphatic carbocycles. The number of rotatable bonds is 7. The van der Waals surface area contributed by atoms with Gasteiger partial charge in [0.25, 0.3) is 5.91 Å². The van der Waals surface area contributed by atoms with Crippen molar-refractivity contribution in [1.29, 1.82) is 0 Å². The van der Waals surface area contributed by atoms with Crippen LogP contribution in [0.1, 0.15) is 19.0 Å². The van der Waals surface area contributed by atoms with Gasteiger partial charge in [0.15, 0.2) is 7.05 Å². The number of morpholine rings is 1. The van der Waals surface area contributed by atoms with Crippen LogP contribution in [-0.2, 0) is 27.9 Å². The number of aromatic amines is 1. The second-order valence-corrected chi connectivity index (χ2v) is 6.32. The van der Waals surface area contributed by atoms with Crippen LogP contribution in [0, 0.1) is 0 Å². The first-order chi connectivity index (χ1) is 13.5. The molecule has 10 heteroatoms. The lowest BCUT2D eigenvalue weighted by molar-refractivity contribution is -0.746. The molecular weight excluding hydrogens is 368 g/mol. The van der Waals surface area contributed by atoms with Gasteiger partial charge in [0.2, 0.25) is 5.91 Å². The highest BCUT2D eigenvalue weighted by Gasteiger charge is 2.34. The van der Waals surface area contributed by atoms with Crippen LogP contribution in [0.15, 0.2) is 33.6 Å². The molecule has 28 heavy (non-hydrogen) atoms. The number of H-pyrrole nitrogens is 1. The van der Waals surface area contributed by atoms with E-state index in [1.165, 1.54) is 9.58 Å². The number of anilines is 1. The molecule has 1 saturated heterocycles. The van der Waals surface area contributed by atoms with Crippen molar-refractivity contribution in [3.63, 3.8) is 0 Å². The summed E-state index contributed by atoms with van der Waals surface area (Å²) in [6.45, 7) is 3.16. The molecule has 1 aromatic heterocycles. The van der Waals surface area contributed by atoms with Crippen molar-refractivity contribution in [2.75, 3.05) is 25.1 Å². The third-order valence-electron chi connectivity index (χ3n) is 4.34. The minimum atomic E-state index is -0.896. The first-order valence-electron chi connectivity index (χ1n) is 8.97. The summed E-state index contributed by atoms with van der Waals surface area (Å²) in [5, 5.41) is 5.15. The maximum atomic E-state index is 12.6. The molecule has 10 nitrogen and oxygen atoms in total. The van der Waals surface area contributed by atoms with E-state index in [1.807, 2.05) is 6.92 Å². The summed E-state index contributed by atoms with van der Waals surface area (Å²) in [7, 11) is 1.62. The Morgan fingerprint density at radius 1 is 1.36 bits per heavy atom. The molecule has 1 fully saturated rings. The SMILES string of the molecule is CCOc1ccc(NC(=O)CC2OCCN(Cc3c(=O)o[nH][n+]3C)C2=O)cc1. The molecule has 0 bridgehead atoms. The van der Waals surface area contributed by atoms with Gasteiger partial charge in [0.1, 0.15) is 18.4 Å². The summed E-state index contributed by atoms with van der Waals surface area (Å²) < 4.78 is 16.9. The van der Waals surface area contributed by atoms with E-state index in [2.05, 4.69) is 10.6 Å². The molecule has 1 aliphatic heterocycles. The summed E-state index contributed by atoms with van der Waals surface area (Å²) >= 11 is 0.